The van der Waals surface area contributed by atoms with Gasteiger partial charge in [-0.1, -0.05) is 18.2 Å². The van der Waals surface area contributed by atoms with E-state index < -0.39 is 0 Å². The minimum atomic E-state index is 0.532. The summed E-state index contributed by atoms with van der Waals surface area (Å²) in [6.07, 6.45) is 3.56. The molecule has 0 aliphatic rings. The summed E-state index contributed by atoms with van der Waals surface area (Å²) in [5.41, 5.74) is 2.17. The smallest absolute Gasteiger partial charge is 0.120 e. The van der Waals surface area contributed by atoms with E-state index in [-0.39, 0.29) is 0 Å². The van der Waals surface area contributed by atoms with Gasteiger partial charge in [0, 0.05) is 25.1 Å². The molecule has 0 fully saturated rings. The molecular weight excluding hydrogens is 214 g/mol. The van der Waals surface area contributed by atoms with Gasteiger partial charge in [0.05, 0.1) is 6.61 Å². The van der Waals surface area contributed by atoms with Gasteiger partial charge in [0.25, 0.3) is 0 Å². The molecule has 17 heavy (non-hydrogen) atoms. The molecule has 2 rings (SSSR count). The molecule has 0 saturated heterocycles. The van der Waals surface area contributed by atoms with Gasteiger partial charge in [-0.05, 0) is 23.8 Å². The van der Waals surface area contributed by atoms with Crippen LogP contribution >= 0.6 is 0 Å². The fourth-order valence-corrected chi connectivity index (χ4v) is 1.54. The van der Waals surface area contributed by atoms with Crippen LogP contribution in [-0.2, 0) is 18.0 Å². The lowest BCUT2D eigenvalue weighted by Crippen LogP contribution is -1.96. The monoisotopic (exact) mass is 229 g/mol. The maximum Gasteiger partial charge on any atom is 0.120 e. The first-order chi connectivity index (χ1) is 8.38. The molecule has 0 atom stereocenters. The van der Waals surface area contributed by atoms with E-state index in [0.717, 1.165) is 16.9 Å². The van der Waals surface area contributed by atoms with Crippen LogP contribution in [0.1, 0.15) is 11.1 Å². The van der Waals surface area contributed by atoms with Crippen LogP contribution in [0.4, 0.5) is 0 Å². The molecule has 0 N–H and O–H groups in total. The normalized spacial score (nSPS) is 10.2. The van der Waals surface area contributed by atoms with Crippen LogP contribution in [0.3, 0.4) is 0 Å². The van der Waals surface area contributed by atoms with Crippen molar-refractivity contribution in [3.05, 3.63) is 59.9 Å². The van der Waals surface area contributed by atoms with E-state index in [4.69, 9.17) is 9.47 Å². The fourth-order valence-electron chi connectivity index (χ4n) is 1.54. The van der Waals surface area contributed by atoms with Gasteiger partial charge in [-0.15, -0.1) is 0 Å². The zero-order valence-corrected chi connectivity index (χ0v) is 9.80. The van der Waals surface area contributed by atoms with Crippen molar-refractivity contribution < 1.29 is 9.47 Å². The van der Waals surface area contributed by atoms with E-state index in [1.807, 2.05) is 36.4 Å². The van der Waals surface area contributed by atoms with Gasteiger partial charge in [-0.3, -0.25) is 4.98 Å². The molecule has 3 nitrogen and oxygen atoms in total. The highest BCUT2D eigenvalue weighted by molar-refractivity contribution is 5.28. The highest BCUT2D eigenvalue weighted by atomic mass is 16.5. The van der Waals surface area contributed by atoms with Crippen molar-refractivity contribution >= 4 is 0 Å². The summed E-state index contributed by atoms with van der Waals surface area (Å²) in [6.45, 7) is 1.13. The first kappa shape index (κ1) is 11.6. The van der Waals surface area contributed by atoms with Crippen LogP contribution in [-0.4, -0.2) is 12.1 Å². The molecule has 0 unspecified atom stereocenters. The zero-order chi connectivity index (χ0) is 11.9. The Kier molecular flexibility index (Phi) is 4.11. The lowest BCUT2D eigenvalue weighted by Gasteiger charge is -2.07. The molecule has 0 bridgehead atoms. The maximum absolute atomic E-state index is 5.68. The number of aromatic nitrogens is 1. The number of rotatable bonds is 5. The summed E-state index contributed by atoms with van der Waals surface area (Å²) in [7, 11) is 1.68. The number of hydrogen-bond donors (Lipinski definition) is 0. The molecule has 1 heterocycles. The van der Waals surface area contributed by atoms with Crippen molar-refractivity contribution in [3.63, 3.8) is 0 Å². The van der Waals surface area contributed by atoms with Gasteiger partial charge in [-0.2, -0.15) is 0 Å². The molecule has 0 radical (unpaired) electrons. The summed E-state index contributed by atoms with van der Waals surface area (Å²) in [4.78, 5) is 4.04. The Bertz CT molecular complexity index is 457. The van der Waals surface area contributed by atoms with Crippen LogP contribution < -0.4 is 4.74 Å². The summed E-state index contributed by atoms with van der Waals surface area (Å²) < 4.78 is 10.8. The SMILES string of the molecule is COCc1cccc(OCc2cccnc2)c1. The molecule has 3 heteroatoms. The topological polar surface area (TPSA) is 31.4 Å². The highest BCUT2D eigenvalue weighted by Crippen LogP contribution is 2.15. The van der Waals surface area contributed by atoms with E-state index in [1.54, 1.807) is 19.5 Å². The lowest BCUT2D eigenvalue weighted by atomic mass is 10.2. The number of nitrogens with zero attached hydrogens (tertiary/aromatic N) is 1. The van der Waals surface area contributed by atoms with Gasteiger partial charge < -0.3 is 9.47 Å². The van der Waals surface area contributed by atoms with Crippen molar-refractivity contribution in [2.75, 3.05) is 7.11 Å². The van der Waals surface area contributed by atoms with Gasteiger partial charge >= 0.3 is 0 Å². The van der Waals surface area contributed by atoms with Gasteiger partial charge in [0.15, 0.2) is 0 Å². The molecule has 0 aliphatic heterocycles. The standard InChI is InChI=1S/C14H15NO2/c1-16-10-12-4-2-6-14(8-12)17-11-13-5-3-7-15-9-13/h2-9H,10-11H2,1H3. The van der Waals surface area contributed by atoms with Gasteiger partial charge in [-0.25, -0.2) is 0 Å². The number of pyridine rings is 1. The lowest BCUT2D eigenvalue weighted by molar-refractivity contribution is 0.184. The van der Waals surface area contributed by atoms with Crippen molar-refractivity contribution in [2.24, 2.45) is 0 Å². The third-order valence-corrected chi connectivity index (χ3v) is 2.34. The Hall–Kier alpha value is -1.87. The average molecular weight is 229 g/mol. The first-order valence-electron chi connectivity index (χ1n) is 5.48. The van der Waals surface area contributed by atoms with Gasteiger partial charge in [0.2, 0.25) is 0 Å². The predicted molar refractivity (Wildman–Crippen MR) is 65.7 cm³/mol. The van der Waals surface area contributed by atoms with Crippen LogP contribution in [0, 0.1) is 0 Å². The molecular formula is C14H15NO2. The van der Waals surface area contributed by atoms with Crippen LogP contribution in [0.25, 0.3) is 0 Å². The highest BCUT2D eigenvalue weighted by Gasteiger charge is 1.98. The van der Waals surface area contributed by atoms with E-state index in [2.05, 4.69) is 4.98 Å². The van der Waals surface area contributed by atoms with Crippen molar-refractivity contribution in [1.82, 2.24) is 4.98 Å². The van der Waals surface area contributed by atoms with Crippen molar-refractivity contribution in [1.29, 1.82) is 0 Å². The van der Waals surface area contributed by atoms with E-state index >= 15 is 0 Å². The fraction of sp³-hybridized carbons (Fsp3) is 0.214. The Morgan fingerprint density at radius 1 is 1.06 bits per heavy atom. The van der Waals surface area contributed by atoms with Gasteiger partial charge in [0.1, 0.15) is 12.4 Å². The summed E-state index contributed by atoms with van der Waals surface area (Å²) in [5, 5.41) is 0. The molecule has 0 amide bonds. The Balaban J connectivity index is 1.97. The zero-order valence-electron chi connectivity index (χ0n) is 9.80. The van der Waals surface area contributed by atoms with E-state index in [1.165, 1.54) is 0 Å². The van der Waals surface area contributed by atoms with Crippen molar-refractivity contribution in [3.8, 4) is 5.75 Å². The Morgan fingerprint density at radius 3 is 2.71 bits per heavy atom. The van der Waals surface area contributed by atoms with E-state index in [9.17, 15) is 0 Å². The number of ether oxygens (including phenoxy) is 2. The number of hydrogen-bond acceptors (Lipinski definition) is 3. The van der Waals surface area contributed by atoms with Crippen molar-refractivity contribution in [2.45, 2.75) is 13.2 Å². The Labute approximate surface area is 101 Å². The molecule has 2 aromatic rings. The quantitative estimate of drug-likeness (QED) is 0.790. The van der Waals surface area contributed by atoms with Crippen LogP contribution in [0.2, 0.25) is 0 Å². The second-order valence-corrected chi connectivity index (χ2v) is 3.73. The molecule has 0 aliphatic carbocycles. The molecule has 0 spiro atoms. The Morgan fingerprint density at radius 2 is 1.94 bits per heavy atom. The summed E-state index contributed by atoms with van der Waals surface area (Å²) in [6, 6.07) is 11.8. The minimum Gasteiger partial charge on any atom is -0.489 e. The molecule has 1 aromatic heterocycles. The second-order valence-electron chi connectivity index (χ2n) is 3.73. The van der Waals surface area contributed by atoms with E-state index in [0.29, 0.717) is 13.2 Å². The van der Waals surface area contributed by atoms with Crippen LogP contribution in [0.5, 0.6) is 5.75 Å². The number of benzene rings is 1. The minimum absolute atomic E-state index is 0.532. The second kappa shape index (κ2) is 6.01. The predicted octanol–water partition coefficient (Wildman–Crippen LogP) is 2.81. The maximum atomic E-state index is 5.68. The molecule has 88 valence electrons. The first-order valence-corrected chi connectivity index (χ1v) is 5.48. The molecule has 0 saturated carbocycles. The molecule has 1 aromatic carbocycles. The number of methoxy groups -OCH3 is 1. The van der Waals surface area contributed by atoms with Crippen LogP contribution in [0.15, 0.2) is 48.8 Å². The summed E-state index contributed by atoms with van der Waals surface area (Å²) in [5.74, 6) is 0.850. The average Bonchev–Trinajstić information content (AvgIpc) is 2.39. The largest absolute Gasteiger partial charge is 0.489 e. The third-order valence-electron chi connectivity index (χ3n) is 2.34. The third kappa shape index (κ3) is 3.57. The summed E-state index contributed by atoms with van der Waals surface area (Å²) >= 11 is 0.